The molecule has 1 saturated heterocycles. The largest absolute Gasteiger partial charge is 0.341 e. The van der Waals surface area contributed by atoms with E-state index in [-0.39, 0.29) is 24.2 Å². The number of rotatable bonds is 4. The second-order valence-electron chi connectivity index (χ2n) is 5.61. The Morgan fingerprint density at radius 3 is 2.57 bits per heavy atom. The first-order valence-electron chi connectivity index (χ1n) is 7.53. The molecule has 1 heterocycles. The molecule has 7 heteroatoms. The van der Waals surface area contributed by atoms with Crippen LogP contribution < -0.4 is 10.6 Å². The van der Waals surface area contributed by atoms with E-state index in [9.17, 15) is 9.59 Å². The third-order valence-electron chi connectivity index (χ3n) is 3.97. The van der Waals surface area contributed by atoms with Crippen molar-refractivity contribution in [3.63, 3.8) is 0 Å². The van der Waals surface area contributed by atoms with E-state index in [1.54, 1.807) is 31.2 Å². The summed E-state index contributed by atoms with van der Waals surface area (Å²) in [6.07, 6.45) is 2.06. The molecule has 0 radical (unpaired) electrons. The van der Waals surface area contributed by atoms with Crippen molar-refractivity contribution in [3.05, 3.63) is 34.9 Å². The molecule has 128 valence electrons. The second kappa shape index (κ2) is 9.11. The molecule has 23 heavy (non-hydrogen) atoms. The van der Waals surface area contributed by atoms with E-state index in [4.69, 9.17) is 11.6 Å². The molecular weight excluding hydrogens is 337 g/mol. The zero-order valence-electron chi connectivity index (χ0n) is 13.3. The summed E-state index contributed by atoms with van der Waals surface area (Å²) in [6.45, 7) is 3.16. The van der Waals surface area contributed by atoms with E-state index in [0.717, 1.165) is 19.4 Å². The van der Waals surface area contributed by atoms with Gasteiger partial charge >= 0.3 is 0 Å². The van der Waals surface area contributed by atoms with E-state index in [0.29, 0.717) is 23.2 Å². The number of benzene rings is 1. The SMILES string of the molecule is CNC1CCCN(C(=O)C(C)NC(=O)c2ccc(Cl)cc2)C1.Cl. The maximum atomic E-state index is 12.4. The molecule has 1 fully saturated rings. The second-order valence-corrected chi connectivity index (χ2v) is 6.05. The fourth-order valence-electron chi connectivity index (χ4n) is 2.63. The minimum absolute atomic E-state index is 0. The Bertz CT molecular complexity index is 537. The van der Waals surface area contributed by atoms with Crippen LogP contribution in [0.15, 0.2) is 24.3 Å². The van der Waals surface area contributed by atoms with Gasteiger partial charge in [0.15, 0.2) is 0 Å². The number of hydrogen-bond donors (Lipinski definition) is 2. The lowest BCUT2D eigenvalue weighted by molar-refractivity contribution is -0.134. The first-order chi connectivity index (χ1) is 10.5. The molecule has 0 aromatic heterocycles. The number of amides is 2. The standard InChI is InChI=1S/C16H22ClN3O2.ClH/c1-11(16(22)20-9-3-4-14(10-20)18-2)19-15(21)12-5-7-13(17)8-6-12;/h5-8,11,14,18H,3-4,9-10H2,1-2H3,(H,19,21);1H. The molecule has 1 aliphatic rings. The van der Waals surface area contributed by atoms with Gasteiger partial charge in [0.2, 0.25) is 5.91 Å². The van der Waals surface area contributed by atoms with Crippen molar-refractivity contribution in [2.75, 3.05) is 20.1 Å². The van der Waals surface area contributed by atoms with Crippen LogP contribution in [0.3, 0.4) is 0 Å². The molecule has 0 bridgehead atoms. The first kappa shape index (κ1) is 19.7. The molecule has 2 unspecified atom stereocenters. The third kappa shape index (κ3) is 5.37. The van der Waals surface area contributed by atoms with Gasteiger partial charge in [-0.05, 0) is 51.1 Å². The predicted octanol–water partition coefficient (Wildman–Crippen LogP) is 2.09. The summed E-state index contributed by atoms with van der Waals surface area (Å²) in [6, 6.07) is 6.39. The lowest BCUT2D eigenvalue weighted by Crippen LogP contribution is -2.53. The van der Waals surface area contributed by atoms with Gasteiger partial charge in [0.05, 0.1) is 0 Å². The molecule has 0 aliphatic carbocycles. The Kier molecular flexibility index (Phi) is 7.82. The van der Waals surface area contributed by atoms with E-state index < -0.39 is 6.04 Å². The molecule has 0 saturated carbocycles. The minimum atomic E-state index is -0.543. The van der Waals surface area contributed by atoms with Crippen molar-refractivity contribution >= 4 is 35.8 Å². The number of hydrogen-bond acceptors (Lipinski definition) is 3. The summed E-state index contributed by atoms with van der Waals surface area (Å²) in [7, 11) is 1.91. The number of halogens is 2. The Balaban J connectivity index is 0.00000264. The topological polar surface area (TPSA) is 61.4 Å². The van der Waals surface area contributed by atoms with Crippen LogP contribution in [0.4, 0.5) is 0 Å². The lowest BCUT2D eigenvalue weighted by atomic mass is 10.1. The van der Waals surface area contributed by atoms with Gasteiger partial charge in [-0.15, -0.1) is 12.4 Å². The lowest BCUT2D eigenvalue weighted by Gasteiger charge is -2.34. The predicted molar refractivity (Wildman–Crippen MR) is 94.3 cm³/mol. The Morgan fingerprint density at radius 2 is 1.96 bits per heavy atom. The molecule has 1 aromatic rings. The number of piperidine rings is 1. The number of likely N-dealkylation sites (N-methyl/N-ethyl adjacent to an activating group) is 1. The van der Waals surface area contributed by atoms with E-state index in [1.165, 1.54) is 0 Å². The van der Waals surface area contributed by atoms with Crippen molar-refractivity contribution in [3.8, 4) is 0 Å². The molecule has 0 spiro atoms. The first-order valence-corrected chi connectivity index (χ1v) is 7.91. The molecule has 2 amide bonds. The summed E-state index contributed by atoms with van der Waals surface area (Å²) < 4.78 is 0. The van der Waals surface area contributed by atoms with Crippen molar-refractivity contribution in [2.24, 2.45) is 0 Å². The van der Waals surface area contributed by atoms with Gasteiger partial charge in [0, 0.05) is 29.7 Å². The molecule has 5 nitrogen and oxygen atoms in total. The highest BCUT2D eigenvalue weighted by Crippen LogP contribution is 2.12. The Hall–Kier alpha value is -1.30. The monoisotopic (exact) mass is 359 g/mol. The maximum absolute atomic E-state index is 12.4. The van der Waals surface area contributed by atoms with Gasteiger partial charge in [-0.2, -0.15) is 0 Å². The van der Waals surface area contributed by atoms with E-state index in [1.807, 2.05) is 11.9 Å². The van der Waals surface area contributed by atoms with Gasteiger partial charge in [0.25, 0.3) is 5.91 Å². The van der Waals surface area contributed by atoms with Crippen LogP contribution >= 0.6 is 24.0 Å². The number of carbonyl (C=O) groups is 2. The van der Waals surface area contributed by atoms with Crippen molar-refractivity contribution < 1.29 is 9.59 Å². The molecular formula is C16H23Cl2N3O2. The van der Waals surface area contributed by atoms with Crippen LogP contribution in [0.2, 0.25) is 5.02 Å². The van der Waals surface area contributed by atoms with Gasteiger partial charge in [-0.25, -0.2) is 0 Å². The maximum Gasteiger partial charge on any atom is 0.251 e. The van der Waals surface area contributed by atoms with Crippen molar-refractivity contribution in [1.29, 1.82) is 0 Å². The molecule has 1 aliphatic heterocycles. The molecule has 2 atom stereocenters. The summed E-state index contributed by atoms with van der Waals surface area (Å²) >= 11 is 5.80. The number of nitrogens with zero attached hydrogens (tertiary/aromatic N) is 1. The average Bonchev–Trinajstić information content (AvgIpc) is 2.54. The molecule has 2 rings (SSSR count). The molecule has 1 aromatic carbocycles. The molecule has 2 N–H and O–H groups in total. The van der Waals surface area contributed by atoms with Crippen LogP contribution in [-0.2, 0) is 4.79 Å². The third-order valence-corrected chi connectivity index (χ3v) is 4.22. The summed E-state index contributed by atoms with van der Waals surface area (Å²) in [5.74, 6) is -0.304. The van der Waals surface area contributed by atoms with Gasteiger partial charge in [-0.1, -0.05) is 11.6 Å². The van der Waals surface area contributed by atoms with Gasteiger partial charge < -0.3 is 15.5 Å². The van der Waals surface area contributed by atoms with Crippen LogP contribution in [0.25, 0.3) is 0 Å². The van der Waals surface area contributed by atoms with Crippen LogP contribution in [0, 0.1) is 0 Å². The highest BCUT2D eigenvalue weighted by molar-refractivity contribution is 6.30. The van der Waals surface area contributed by atoms with Gasteiger partial charge in [-0.3, -0.25) is 9.59 Å². The average molecular weight is 360 g/mol. The van der Waals surface area contributed by atoms with E-state index >= 15 is 0 Å². The highest BCUT2D eigenvalue weighted by atomic mass is 35.5. The van der Waals surface area contributed by atoms with Crippen LogP contribution in [0.1, 0.15) is 30.1 Å². The zero-order valence-corrected chi connectivity index (χ0v) is 14.9. The highest BCUT2D eigenvalue weighted by Gasteiger charge is 2.27. The summed E-state index contributed by atoms with van der Waals surface area (Å²) in [4.78, 5) is 26.4. The summed E-state index contributed by atoms with van der Waals surface area (Å²) in [5.41, 5.74) is 0.496. The number of carbonyl (C=O) groups excluding carboxylic acids is 2. The minimum Gasteiger partial charge on any atom is -0.341 e. The normalized spacial score (nSPS) is 18.7. The quantitative estimate of drug-likeness (QED) is 0.865. The summed E-state index contributed by atoms with van der Waals surface area (Å²) in [5, 5.41) is 6.53. The fraction of sp³-hybridized carbons (Fsp3) is 0.500. The van der Waals surface area contributed by atoms with E-state index in [2.05, 4.69) is 10.6 Å². The smallest absolute Gasteiger partial charge is 0.251 e. The van der Waals surface area contributed by atoms with Crippen molar-refractivity contribution in [2.45, 2.75) is 31.8 Å². The van der Waals surface area contributed by atoms with Crippen molar-refractivity contribution in [1.82, 2.24) is 15.5 Å². The van der Waals surface area contributed by atoms with Crippen LogP contribution in [-0.4, -0.2) is 48.9 Å². The zero-order chi connectivity index (χ0) is 16.1. The van der Waals surface area contributed by atoms with Gasteiger partial charge in [0.1, 0.15) is 6.04 Å². The number of likely N-dealkylation sites (tertiary alicyclic amines) is 1. The Morgan fingerprint density at radius 1 is 1.30 bits per heavy atom. The number of nitrogens with one attached hydrogen (secondary N) is 2. The van der Waals surface area contributed by atoms with Crippen LogP contribution in [0.5, 0.6) is 0 Å². The fourth-order valence-corrected chi connectivity index (χ4v) is 2.76. The Labute approximate surface area is 148 Å².